The molecular weight excluding hydrogens is 331 g/mol. The molecule has 0 spiro atoms. The number of hydrogen-bond donors (Lipinski definition) is 1. The second-order valence-corrected chi connectivity index (χ2v) is 5.13. The Bertz CT molecular complexity index is 1040. The average Bonchev–Trinajstić information content (AvgIpc) is 2.61. The smallest absolute Gasteiger partial charge is 0.379 e. The van der Waals surface area contributed by atoms with E-state index in [0.29, 0.717) is 0 Å². The number of ether oxygens (including phenoxy) is 2. The summed E-state index contributed by atoms with van der Waals surface area (Å²) in [6.45, 7) is 0. The van der Waals surface area contributed by atoms with Crippen molar-refractivity contribution in [2.24, 2.45) is 0 Å². The first-order valence-electron chi connectivity index (χ1n) is 7.19. The van der Waals surface area contributed by atoms with Crippen LogP contribution in [0.5, 0.6) is 17.2 Å². The molecule has 0 fully saturated rings. The number of carbonyl (C=O) groups excluding carboxylic acids is 1. The molecule has 0 radical (unpaired) electrons. The summed E-state index contributed by atoms with van der Waals surface area (Å²) >= 11 is 0. The van der Waals surface area contributed by atoms with E-state index < -0.39 is 23.0 Å². The van der Waals surface area contributed by atoms with Gasteiger partial charge in [-0.1, -0.05) is 12.1 Å². The molecule has 0 aliphatic rings. The monoisotopic (exact) mass is 344 g/mol. The van der Waals surface area contributed by atoms with Crippen LogP contribution in [0.25, 0.3) is 11.0 Å². The molecular formula is C18H13FO6. The van der Waals surface area contributed by atoms with Crippen molar-refractivity contribution in [3.05, 3.63) is 63.8 Å². The molecule has 3 rings (SSSR count). The quantitative estimate of drug-likeness (QED) is 0.578. The van der Waals surface area contributed by atoms with Crippen LogP contribution in [-0.4, -0.2) is 25.1 Å². The number of fused-ring (bicyclic) bond motifs is 1. The first-order valence-corrected chi connectivity index (χ1v) is 7.19. The lowest BCUT2D eigenvalue weighted by Crippen LogP contribution is -2.11. The Morgan fingerprint density at radius 3 is 2.40 bits per heavy atom. The molecule has 0 saturated carbocycles. The van der Waals surface area contributed by atoms with Crippen LogP contribution in [0.3, 0.4) is 0 Å². The molecule has 3 aromatic rings. The topological polar surface area (TPSA) is 86.0 Å². The third kappa shape index (κ3) is 2.69. The van der Waals surface area contributed by atoms with Gasteiger partial charge in [0.05, 0.1) is 25.3 Å². The minimum atomic E-state index is -1.11. The molecule has 25 heavy (non-hydrogen) atoms. The summed E-state index contributed by atoms with van der Waals surface area (Å²) in [6.07, 6.45) is 0. The summed E-state index contributed by atoms with van der Waals surface area (Å²) in [5, 5.41) is 10.2. The standard InChI is InChI=1S/C18H13FO6/c1-23-13-7-10-12(8-14(13)24-2)25-18(22)17(21)15(10)16(20)9-5-3-4-6-11(9)19/h3-8,21H,1-2H3. The molecule has 0 bridgehead atoms. The first-order chi connectivity index (χ1) is 12.0. The highest BCUT2D eigenvalue weighted by atomic mass is 19.1. The Morgan fingerprint density at radius 2 is 1.76 bits per heavy atom. The van der Waals surface area contributed by atoms with Gasteiger partial charge in [-0.25, -0.2) is 9.18 Å². The van der Waals surface area contributed by atoms with Crippen molar-refractivity contribution in [2.45, 2.75) is 0 Å². The van der Waals surface area contributed by atoms with Crippen LogP contribution in [0.1, 0.15) is 15.9 Å². The van der Waals surface area contributed by atoms with Crippen molar-refractivity contribution in [1.82, 2.24) is 0 Å². The molecule has 128 valence electrons. The molecule has 0 atom stereocenters. The van der Waals surface area contributed by atoms with E-state index in [-0.39, 0.29) is 33.6 Å². The molecule has 7 heteroatoms. The van der Waals surface area contributed by atoms with E-state index in [4.69, 9.17) is 13.9 Å². The fourth-order valence-electron chi connectivity index (χ4n) is 2.53. The number of halogens is 1. The molecule has 1 N–H and O–H groups in total. The van der Waals surface area contributed by atoms with Crippen molar-refractivity contribution in [3.63, 3.8) is 0 Å². The summed E-state index contributed by atoms with van der Waals surface area (Å²) < 4.78 is 29.3. The fraction of sp³-hybridized carbons (Fsp3) is 0.111. The number of ketones is 1. The third-order valence-corrected chi connectivity index (χ3v) is 3.73. The molecule has 6 nitrogen and oxygen atoms in total. The Balaban J connectivity index is 2.37. The summed E-state index contributed by atoms with van der Waals surface area (Å²) in [7, 11) is 2.79. The van der Waals surface area contributed by atoms with Gasteiger partial charge in [0.25, 0.3) is 0 Å². The molecule has 1 heterocycles. The Morgan fingerprint density at radius 1 is 1.12 bits per heavy atom. The molecule has 2 aromatic carbocycles. The predicted molar refractivity (Wildman–Crippen MR) is 87.1 cm³/mol. The summed E-state index contributed by atoms with van der Waals surface area (Å²) in [4.78, 5) is 24.6. The van der Waals surface area contributed by atoms with E-state index in [1.807, 2.05) is 0 Å². The third-order valence-electron chi connectivity index (χ3n) is 3.73. The van der Waals surface area contributed by atoms with Crippen molar-refractivity contribution in [3.8, 4) is 17.2 Å². The highest BCUT2D eigenvalue weighted by Gasteiger charge is 2.25. The van der Waals surface area contributed by atoms with E-state index in [1.54, 1.807) is 0 Å². The first kappa shape index (κ1) is 16.5. The van der Waals surface area contributed by atoms with Gasteiger partial charge in [0.1, 0.15) is 11.4 Å². The van der Waals surface area contributed by atoms with Crippen molar-refractivity contribution >= 4 is 16.8 Å². The van der Waals surface area contributed by atoms with Gasteiger partial charge < -0.3 is 19.0 Å². The summed E-state index contributed by atoms with van der Waals surface area (Å²) in [6, 6.07) is 8.01. The highest BCUT2D eigenvalue weighted by Crippen LogP contribution is 2.36. The zero-order valence-electron chi connectivity index (χ0n) is 13.3. The minimum absolute atomic E-state index is 0.000129. The van der Waals surface area contributed by atoms with Gasteiger partial charge in [0.15, 0.2) is 11.5 Å². The minimum Gasteiger partial charge on any atom is -0.501 e. The van der Waals surface area contributed by atoms with Gasteiger partial charge in [0, 0.05) is 11.5 Å². The Kier molecular flexibility index (Phi) is 4.14. The molecule has 0 saturated heterocycles. The predicted octanol–water partition coefficient (Wildman–Crippen LogP) is 2.89. The van der Waals surface area contributed by atoms with Crippen LogP contribution < -0.4 is 15.1 Å². The maximum absolute atomic E-state index is 14.0. The van der Waals surface area contributed by atoms with Gasteiger partial charge in [0.2, 0.25) is 11.5 Å². The lowest BCUT2D eigenvalue weighted by Gasteiger charge is -2.11. The lowest BCUT2D eigenvalue weighted by molar-refractivity contribution is 0.103. The maximum atomic E-state index is 14.0. The number of benzene rings is 2. The van der Waals surface area contributed by atoms with E-state index in [9.17, 15) is 19.1 Å². The maximum Gasteiger partial charge on any atom is 0.379 e. The van der Waals surface area contributed by atoms with Crippen LogP contribution in [0.4, 0.5) is 4.39 Å². The van der Waals surface area contributed by atoms with E-state index in [1.165, 1.54) is 44.6 Å². The molecule has 0 amide bonds. The van der Waals surface area contributed by atoms with Gasteiger partial charge in [-0.05, 0) is 18.2 Å². The average molecular weight is 344 g/mol. The molecule has 0 unspecified atom stereocenters. The molecule has 1 aromatic heterocycles. The van der Waals surface area contributed by atoms with Gasteiger partial charge in [-0.3, -0.25) is 4.79 Å². The lowest BCUT2D eigenvalue weighted by atomic mass is 9.98. The number of carbonyl (C=O) groups is 1. The zero-order chi connectivity index (χ0) is 18.1. The van der Waals surface area contributed by atoms with Gasteiger partial charge in [-0.2, -0.15) is 0 Å². The number of aromatic hydroxyl groups is 1. The highest BCUT2D eigenvalue weighted by molar-refractivity contribution is 6.17. The number of rotatable bonds is 4. The SMILES string of the molecule is COc1cc2oc(=O)c(O)c(C(=O)c3ccccc3F)c2cc1OC. The van der Waals surface area contributed by atoms with Crippen LogP contribution in [0.2, 0.25) is 0 Å². The second-order valence-electron chi connectivity index (χ2n) is 5.13. The van der Waals surface area contributed by atoms with Gasteiger partial charge >= 0.3 is 5.63 Å². The van der Waals surface area contributed by atoms with Crippen molar-refractivity contribution in [2.75, 3.05) is 14.2 Å². The van der Waals surface area contributed by atoms with Gasteiger partial charge in [-0.15, -0.1) is 0 Å². The van der Waals surface area contributed by atoms with E-state index >= 15 is 0 Å². The number of hydrogen-bond acceptors (Lipinski definition) is 6. The van der Waals surface area contributed by atoms with E-state index in [0.717, 1.165) is 6.07 Å². The largest absolute Gasteiger partial charge is 0.501 e. The summed E-state index contributed by atoms with van der Waals surface area (Å²) in [5.41, 5.74) is -1.75. The van der Waals surface area contributed by atoms with Crippen LogP contribution >= 0.6 is 0 Å². The zero-order valence-corrected chi connectivity index (χ0v) is 13.3. The van der Waals surface area contributed by atoms with Crippen LogP contribution in [0, 0.1) is 5.82 Å². The Hall–Kier alpha value is -3.35. The van der Waals surface area contributed by atoms with Crippen LogP contribution in [0.15, 0.2) is 45.6 Å². The Labute approximate surface area is 141 Å². The van der Waals surface area contributed by atoms with E-state index in [2.05, 4.69) is 0 Å². The second kappa shape index (κ2) is 6.27. The molecule has 0 aliphatic carbocycles. The fourth-order valence-corrected chi connectivity index (χ4v) is 2.53. The summed E-state index contributed by atoms with van der Waals surface area (Å²) in [5.74, 6) is -1.98. The van der Waals surface area contributed by atoms with Crippen molar-refractivity contribution < 1.29 is 28.2 Å². The molecule has 0 aliphatic heterocycles. The van der Waals surface area contributed by atoms with Crippen molar-refractivity contribution in [1.29, 1.82) is 0 Å². The number of methoxy groups -OCH3 is 2. The normalized spacial score (nSPS) is 10.7. The van der Waals surface area contributed by atoms with Crippen LogP contribution in [-0.2, 0) is 0 Å².